The molecule has 0 amide bonds. The van der Waals surface area contributed by atoms with Crippen LogP contribution in [0.15, 0.2) is 158 Å². The van der Waals surface area contributed by atoms with Crippen molar-refractivity contribution in [2.24, 2.45) is 0 Å². The second-order valence-corrected chi connectivity index (χ2v) is 12.9. The first kappa shape index (κ1) is 26.0. The van der Waals surface area contributed by atoms with Crippen molar-refractivity contribution >= 4 is 32.3 Å². The Bertz CT molecular complexity index is 2390. The molecule has 0 heterocycles. The van der Waals surface area contributed by atoms with Gasteiger partial charge < -0.3 is 0 Å². The smallest absolute Gasteiger partial charge is 0.0171 e. The zero-order chi connectivity index (χ0) is 30.1. The maximum atomic E-state index is 2.42. The van der Waals surface area contributed by atoms with Gasteiger partial charge in [0.25, 0.3) is 0 Å². The van der Waals surface area contributed by atoms with Crippen molar-refractivity contribution in [3.05, 3.63) is 169 Å². The van der Waals surface area contributed by atoms with Gasteiger partial charge in [0, 0.05) is 5.41 Å². The zero-order valence-corrected chi connectivity index (χ0v) is 25.5. The summed E-state index contributed by atoms with van der Waals surface area (Å²) >= 11 is 0. The van der Waals surface area contributed by atoms with E-state index in [4.69, 9.17) is 0 Å². The quantitative estimate of drug-likeness (QED) is 0.185. The average molecular weight is 573 g/mol. The van der Waals surface area contributed by atoms with Gasteiger partial charge in [-0.3, -0.25) is 0 Å². The van der Waals surface area contributed by atoms with Crippen LogP contribution < -0.4 is 0 Å². The average Bonchev–Trinajstić information content (AvgIpc) is 3.34. The van der Waals surface area contributed by atoms with Crippen LogP contribution in [-0.4, -0.2) is 0 Å². The van der Waals surface area contributed by atoms with Crippen LogP contribution in [0.2, 0.25) is 0 Å². The molecular weight excluding hydrogens is 540 g/mol. The van der Waals surface area contributed by atoms with Crippen LogP contribution in [0.3, 0.4) is 0 Å². The van der Waals surface area contributed by atoms with Gasteiger partial charge in [-0.25, -0.2) is 0 Å². The van der Waals surface area contributed by atoms with Gasteiger partial charge >= 0.3 is 0 Å². The van der Waals surface area contributed by atoms with Crippen LogP contribution in [0.25, 0.3) is 76.8 Å². The summed E-state index contributed by atoms with van der Waals surface area (Å²) in [5, 5.41) is 7.81. The Morgan fingerprint density at radius 3 is 1.56 bits per heavy atom. The topological polar surface area (TPSA) is 0 Å². The molecule has 0 saturated carbocycles. The highest BCUT2D eigenvalue weighted by Gasteiger charge is 2.39. The number of hydrogen-bond acceptors (Lipinski definition) is 0. The lowest BCUT2D eigenvalue weighted by molar-refractivity contribution is 0.668. The lowest BCUT2D eigenvalue weighted by atomic mass is 9.76. The third-order valence-electron chi connectivity index (χ3n) is 9.99. The zero-order valence-electron chi connectivity index (χ0n) is 25.5. The molecule has 0 heteroatoms. The van der Waals surface area contributed by atoms with Crippen molar-refractivity contribution in [3.63, 3.8) is 0 Å². The van der Waals surface area contributed by atoms with Crippen LogP contribution in [0.4, 0.5) is 0 Å². The normalized spacial score (nSPS) is 13.3. The first-order chi connectivity index (χ1) is 22.1. The predicted octanol–water partition coefficient (Wildman–Crippen LogP) is 12.5. The highest BCUT2D eigenvalue weighted by atomic mass is 14.4. The van der Waals surface area contributed by atoms with Crippen LogP contribution >= 0.6 is 0 Å². The number of rotatable bonds is 3. The van der Waals surface area contributed by atoms with Gasteiger partial charge in [0.2, 0.25) is 0 Å². The maximum Gasteiger partial charge on any atom is 0.0171 e. The summed E-state index contributed by atoms with van der Waals surface area (Å²) in [7, 11) is 0. The molecule has 0 nitrogen and oxygen atoms in total. The number of benzene rings is 8. The molecule has 0 aliphatic heterocycles. The molecule has 0 unspecified atom stereocenters. The van der Waals surface area contributed by atoms with Crippen molar-refractivity contribution < 1.29 is 0 Å². The van der Waals surface area contributed by atoms with E-state index in [1.807, 2.05) is 0 Å². The monoisotopic (exact) mass is 572 g/mol. The summed E-state index contributed by atoms with van der Waals surface area (Å²) in [4.78, 5) is 0. The molecule has 212 valence electrons. The van der Waals surface area contributed by atoms with Crippen LogP contribution in [-0.2, 0) is 5.41 Å². The molecule has 0 spiro atoms. The van der Waals surface area contributed by atoms with Crippen molar-refractivity contribution in [2.45, 2.75) is 19.3 Å². The van der Waals surface area contributed by atoms with E-state index in [2.05, 4.69) is 172 Å². The van der Waals surface area contributed by atoms with E-state index >= 15 is 0 Å². The summed E-state index contributed by atoms with van der Waals surface area (Å²) in [5.74, 6) is 0. The SMILES string of the molecule is CC1(C)c2c(cccc2-c2c3ccccc3c(-c3cccc(-c4ccccc4)c3)c3ccccc23)-c2ccc3ccccc3c21. The molecule has 8 aromatic rings. The van der Waals surface area contributed by atoms with Crippen molar-refractivity contribution in [1.82, 2.24) is 0 Å². The predicted molar refractivity (Wildman–Crippen MR) is 193 cm³/mol. The first-order valence-corrected chi connectivity index (χ1v) is 15.9. The molecule has 0 bridgehead atoms. The molecular formula is C45H32. The van der Waals surface area contributed by atoms with E-state index in [0.717, 1.165) is 0 Å². The Morgan fingerprint density at radius 1 is 0.333 bits per heavy atom. The molecule has 0 fully saturated rings. The van der Waals surface area contributed by atoms with Gasteiger partial charge in [-0.05, 0) is 94.0 Å². The third-order valence-corrected chi connectivity index (χ3v) is 9.99. The Labute approximate surface area is 264 Å². The number of hydrogen-bond donors (Lipinski definition) is 0. The Balaban J connectivity index is 1.36. The fourth-order valence-corrected chi connectivity index (χ4v) is 8.17. The Hall–Kier alpha value is -5.46. The minimum atomic E-state index is -0.160. The van der Waals surface area contributed by atoms with Gasteiger partial charge in [-0.1, -0.05) is 166 Å². The van der Waals surface area contributed by atoms with Crippen LogP contribution in [0.1, 0.15) is 25.0 Å². The largest absolute Gasteiger partial charge is 0.0622 e. The van der Waals surface area contributed by atoms with E-state index < -0.39 is 0 Å². The molecule has 0 saturated heterocycles. The van der Waals surface area contributed by atoms with E-state index in [0.29, 0.717) is 0 Å². The van der Waals surface area contributed by atoms with Crippen LogP contribution in [0, 0.1) is 0 Å². The van der Waals surface area contributed by atoms with Gasteiger partial charge in [0.15, 0.2) is 0 Å². The lowest BCUT2D eigenvalue weighted by Crippen LogP contribution is -2.17. The van der Waals surface area contributed by atoms with E-state index in [1.165, 1.54) is 88.0 Å². The van der Waals surface area contributed by atoms with Crippen molar-refractivity contribution in [1.29, 1.82) is 0 Å². The molecule has 1 aliphatic rings. The molecule has 1 aliphatic carbocycles. The van der Waals surface area contributed by atoms with Crippen molar-refractivity contribution in [2.75, 3.05) is 0 Å². The third kappa shape index (κ3) is 3.79. The maximum absolute atomic E-state index is 2.42. The molecule has 9 rings (SSSR count). The second kappa shape index (κ2) is 9.78. The summed E-state index contributed by atoms with van der Waals surface area (Å²) in [6.07, 6.45) is 0. The molecule has 8 aromatic carbocycles. The fraction of sp³-hybridized carbons (Fsp3) is 0.0667. The summed E-state index contributed by atoms with van der Waals surface area (Å²) in [6, 6.07) is 58.2. The van der Waals surface area contributed by atoms with Crippen molar-refractivity contribution in [3.8, 4) is 44.5 Å². The van der Waals surface area contributed by atoms with E-state index in [9.17, 15) is 0 Å². The first-order valence-electron chi connectivity index (χ1n) is 15.9. The molecule has 0 atom stereocenters. The number of fused-ring (bicyclic) bond motifs is 7. The lowest BCUT2D eigenvalue weighted by Gasteiger charge is -2.27. The van der Waals surface area contributed by atoms with E-state index in [1.54, 1.807) is 0 Å². The molecule has 0 N–H and O–H groups in total. The summed E-state index contributed by atoms with van der Waals surface area (Å²) < 4.78 is 0. The minimum absolute atomic E-state index is 0.160. The van der Waals surface area contributed by atoms with Gasteiger partial charge in [0.1, 0.15) is 0 Å². The molecule has 0 aromatic heterocycles. The highest BCUT2D eigenvalue weighted by molar-refractivity contribution is 6.22. The minimum Gasteiger partial charge on any atom is -0.0622 e. The molecule has 45 heavy (non-hydrogen) atoms. The molecule has 0 radical (unpaired) electrons. The standard InChI is InChI=1S/C45H32/c1-45(2)43-33-19-7-6-16-30(33)26-27-39(43)38-24-13-25-40(44(38)45)42-36-22-10-8-20-34(36)41(35-21-9-11-23-37(35)42)32-18-12-17-31(28-32)29-14-4-3-5-15-29/h3-28H,1-2H3. The highest BCUT2D eigenvalue weighted by Crippen LogP contribution is 2.56. The summed E-state index contributed by atoms with van der Waals surface area (Å²) in [6.45, 7) is 4.84. The van der Waals surface area contributed by atoms with Crippen LogP contribution in [0.5, 0.6) is 0 Å². The fourth-order valence-electron chi connectivity index (χ4n) is 8.17. The second-order valence-electron chi connectivity index (χ2n) is 12.9. The van der Waals surface area contributed by atoms with Gasteiger partial charge in [-0.15, -0.1) is 0 Å². The van der Waals surface area contributed by atoms with Gasteiger partial charge in [-0.2, -0.15) is 0 Å². The Morgan fingerprint density at radius 2 is 0.844 bits per heavy atom. The Kier molecular flexibility index (Phi) is 5.64. The van der Waals surface area contributed by atoms with Gasteiger partial charge in [0.05, 0.1) is 0 Å². The summed E-state index contributed by atoms with van der Waals surface area (Å²) in [5.41, 5.74) is 13.1. The van der Waals surface area contributed by atoms with E-state index in [-0.39, 0.29) is 5.41 Å².